The van der Waals surface area contributed by atoms with Gasteiger partial charge in [0.1, 0.15) is 0 Å². The molecule has 1 aromatic carbocycles. The molecule has 3 heteroatoms. The second-order valence-corrected chi connectivity index (χ2v) is 6.85. The maximum Gasteiger partial charge on any atom is 0.0716 e. The predicted molar refractivity (Wildman–Crippen MR) is 84.3 cm³/mol. The van der Waals surface area contributed by atoms with Crippen LogP contribution in [0.1, 0.15) is 50.5 Å². The molecule has 1 aliphatic heterocycles. The Morgan fingerprint density at radius 2 is 1.75 bits per heavy atom. The number of benzene rings is 1. The van der Waals surface area contributed by atoms with Crippen molar-refractivity contribution >= 4 is 17.3 Å². The molecule has 0 amide bonds. The van der Waals surface area contributed by atoms with Crippen molar-refractivity contribution in [2.24, 2.45) is 5.41 Å². The summed E-state index contributed by atoms with van der Waals surface area (Å²) in [4.78, 5) is 2.41. The van der Waals surface area contributed by atoms with Gasteiger partial charge in [-0.25, -0.2) is 0 Å². The van der Waals surface area contributed by atoms with Gasteiger partial charge < -0.3 is 10.0 Å². The molecule has 20 heavy (non-hydrogen) atoms. The molecule has 0 radical (unpaired) electrons. The molecule has 1 saturated carbocycles. The Morgan fingerprint density at radius 3 is 2.40 bits per heavy atom. The van der Waals surface area contributed by atoms with Crippen molar-refractivity contribution in [3.8, 4) is 0 Å². The van der Waals surface area contributed by atoms with E-state index in [1.807, 2.05) is 12.1 Å². The van der Waals surface area contributed by atoms with Crippen molar-refractivity contribution in [2.75, 3.05) is 18.0 Å². The van der Waals surface area contributed by atoms with Crippen molar-refractivity contribution in [1.29, 1.82) is 0 Å². The fraction of sp³-hybridized carbons (Fsp3) is 0.647. The first-order valence-electron chi connectivity index (χ1n) is 7.87. The van der Waals surface area contributed by atoms with Gasteiger partial charge >= 0.3 is 0 Å². The Morgan fingerprint density at radius 1 is 1.05 bits per heavy atom. The third-order valence-electron chi connectivity index (χ3n) is 5.33. The van der Waals surface area contributed by atoms with Crippen molar-refractivity contribution in [3.05, 3.63) is 28.8 Å². The first-order valence-corrected chi connectivity index (χ1v) is 8.25. The number of rotatable bonds is 2. The van der Waals surface area contributed by atoms with E-state index in [2.05, 4.69) is 11.0 Å². The zero-order chi connectivity index (χ0) is 14.0. The summed E-state index contributed by atoms with van der Waals surface area (Å²) >= 11 is 6.20. The van der Waals surface area contributed by atoms with Crippen molar-refractivity contribution in [3.63, 3.8) is 0 Å². The van der Waals surface area contributed by atoms with E-state index in [4.69, 9.17) is 11.6 Å². The molecule has 2 fully saturated rings. The van der Waals surface area contributed by atoms with Gasteiger partial charge in [-0.1, -0.05) is 36.9 Å². The second kappa shape index (κ2) is 5.95. The second-order valence-electron chi connectivity index (χ2n) is 6.44. The van der Waals surface area contributed by atoms with E-state index in [0.717, 1.165) is 24.3 Å². The predicted octanol–water partition coefficient (Wildman–Crippen LogP) is 4.38. The van der Waals surface area contributed by atoms with E-state index in [1.54, 1.807) is 0 Å². The largest absolute Gasteiger partial charge is 0.392 e. The minimum Gasteiger partial charge on any atom is -0.392 e. The van der Waals surface area contributed by atoms with Crippen LogP contribution in [-0.2, 0) is 6.61 Å². The minimum absolute atomic E-state index is 0.0245. The lowest BCUT2D eigenvalue weighted by molar-refractivity contribution is 0.144. The summed E-state index contributed by atoms with van der Waals surface area (Å²) in [6, 6.07) is 5.95. The molecule has 2 nitrogen and oxygen atoms in total. The number of aliphatic hydroxyl groups excluding tert-OH is 1. The van der Waals surface area contributed by atoms with Gasteiger partial charge in [0.15, 0.2) is 0 Å². The van der Waals surface area contributed by atoms with Crippen molar-refractivity contribution < 1.29 is 5.11 Å². The molecule has 0 bridgehead atoms. The average molecular weight is 294 g/mol. The standard InChI is InChI=1S/C17H24ClNO/c18-15-5-4-6-16(14(15)13-20)19-11-9-17(10-12-19)7-2-1-3-8-17/h4-6,20H,1-3,7-13H2. The number of anilines is 1. The molecule has 1 aromatic rings. The fourth-order valence-corrected chi connectivity index (χ4v) is 4.25. The molecule has 0 atom stereocenters. The monoisotopic (exact) mass is 293 g/mol. The van der Waals surface area contributed by atoms with E-state index >= 15 is 0 Å². The van der Waals surface area contributed by atoms with E-state index in [1.165, 1.54) is 44.9 Å². The van der Waals surface area contributed by atoms with Crippen LogP contribution in [0.2, 0.25) is 5.02 Å². The lowest BCUT2D eigenvalue weighted by Gasteiger charge is -2.45. The van der Waals surface area contributed by atoms with Crippen molar-refractivity contribution in [1.82, 2.24) is 0 Å². The number of aliphatic hydroxyl groups is 1. The molecule has 1 N–H and O–H groups in total. The van der Waals surface area contributed by atoms with E-state index < -0.39 is 0 Å². The van der Waals surface area contributed by atoms with Crippen LogP contribution in [0.15, 0.2) is 18.2 Å². The van der Waals surface area contributed by atoms with Crippen LogP contribution >= 0.6 is 11.6 Å². The van der Waals surface area contributed by atoms with Gasteiger partial charge in [-0.2, -0.15) is 0 Å². The normalized spacial score (nSPS) is 22.2. The van der Waals surface area contributed by atoms with Gasteiger partial charge in [0.2, 0.25) is 0 Å². The smallest absolute Gasteiger partial charge is 0.0716 e. The summed E-state index contributed by atoms with van der Waals surface area (Å²) in [5, 5.41) is 10.2. The summed E-state index contributed by atoms with van der Waals surface area (Å²) < 4.78 is 0. The van der Waals surface area contributed by atoms with E-state index in [0.29, 0.717) is 10.4 Å². The summed E-state index contributed by atoms with van der Waals surface area (Å²) in [6.07, 6.45) is 9.69. The van der Waals surface area contributed by atoms with Crippen LogP contribution in [-0.4, -0.2) is 18.2 Å². The average Bonchev–Trinajstić information content (AvgIpc) is 2.49. The molecule has 1 spiro atoms. The van der Waals surface area contributed by atoms with Gasteiger partial charge in [0, 0.05) is 29.4 Å². The molecule has 0 aromatic heterocycles. The highest BCUT2D eigenvalue weighted by atomic mass is 35.5. The first kappa shape index (κ1) is 14.2. The highest BCUT2D eigenvalue weighted by Gasteiger charge is 2.35. The van der Waals surface area contributed by atoms with Gasteiger partial charge in [-0.05, 0) is 43.2 Å². The van der Waals surface area contributed by atoms with Crippen LogP contribution in [0.3, 0.4) is 0 Å². The summed E-state index contributed by atoms with van der Waals surface area (Å²) in [7, 11) is 0. The van der Waals surface area contributed by atoms with Gasteiger partial charge in [0.05, 0.1) is 6.61 Å². The Balaban J connectivity index is 1.73. The van der Waals surface area contributed by atoms with Gasteiger partial charge in [0.25, 0.3) is 0 Å². The van der Waals surface area contributed by atoms with Crippen LogP contribution in [0.4, 0.5) is 5.69 Å². The zero-order valence-corrected chi connectivity index (χ0v) is 12.8. The number of nitrogens with zero attached hydrogens (tertiary/aromatic N) is 1. The highest BCUT2D eigenvalue weighted by Crippen LogP contribution is 2.45. The molecule has 0 unspecified atom stereocenters. The van der Waals surface area contributed by atoms with E-state index in [9.17, 15) is 5.11 Å². The molecule has 110 valence electrons. The lowest BCUT2D eigenvalue weighted by Crippen LogP contribution is -2.41. The minimum atomic E-state index is 0.0245. The maximum atomic E-state index is 9.56. The summed E-state index contributed by atoms with van der Waals surface area (Å²) in [5.41, 5.74) is 2.63. The summed E-state index contributed by atoms with van der Waals surface area (Å²) in [6.45, 7) is 2.23. The maximum absolute atomic E-state index is 9.56. The molecule has 1 aliphatic carbocycles. The third-order valence-corrected chi connectivity index (χ3v) is 5.69. The Hall–Kier alpha value is -0.730. The number of piperidine rings is 1. The Kier molecular flexibility index (Phi) is 4.23. The number of hydrogen-bond acceptors (Lipinski definition) is 2. The fourth-order valence-electron chi connectivity index (χ4n) is 4.02. The molecule has 3 rings (SSSR count). The van der Waals surface area contributed by atoms with Crippen LogP contribution in [0.5, 0.6) is 0 Å². The number of hydrogen-bond donors (Lipinski definition) is 1. The molecule has 1 heterocycles. The topological polar surface area (TPSA) is 23.5 Å². The first-order chi connectivity index (χ1) is 9.74. The Labute approximate surface area is 126 Å². The van der Waals surface area contributed by atoms with Crippen LogP contribution in [0, 0.1) is 5.41 Å². The highest BCUT2D eigenvalue weighted by molar-refractivity contribution is 6.31. The quantitative estimate of drug-likeness (QED) is 0.874. The SMILES string of the molecule is OCc1c(Cl)cccc1N1CCC2(CCCCC2)CC1. The molecule has 2 aliphatic rings. The number of halogens is 1. The zero-order valence-electron chi connectivity index (χ0n) is 12.1. The van der Waals surface area contributed by atoms with Gasteiger partial charge in [-0.3, -0.25) is 0 Å². The third kappa shape index (κ3) is 2.68. The van der Waals surface area contributed by atoms with E-state index in [-0.39, 0.29) is 6.61 Å². The summed E-state index contributed by atoms with van der Waals surface area (Å²) in [5.74, 6) is 0. The lowest BCUT2D eigenvalue weighted by atomic mass is 9.68. The molecule has 1 saturated heterocycles. The molecular formula is C17H24ClNO. The van der Waals surface area contributed by atoms with Crippen LogP contribution in [0.25, 0.3) is 0 Å². The van der Waals surface area contributed by atoms with Gasteiger partial charge in [-0.15, -0.1) is 0 Å². The van der Waals surface area contributed by atoms with Crippen LogP contribution < -0.4 is 4.90 Å². The molecular weight excluding hydrogens is 270 g/mol. The van der Waals surface area contributed by atoms with Crippen molar-refractivity contribution in [2.45, 2.75) is 51.6 Å². The Bertz CT molecular complexity index is 458.